The van der Waals surface area contributed by atoms with E-state index in [4.69, 9.17) is 5.11 Å². The van der Waals surface area contributed by atoms with E-state index < -0.39 is 11.9 Å². The second-order valence-electron chi connectivity index (χ2n) is 5.14. The van der Waals surface area contributed by atoms with Gasteiger partial charge < -0.3 is 10.4 Å². The molecule has 0 bridgehead atoms. The average Bonchev–Trinajstić information content (AvgIpc) is 2.86. The molecule has 1 aliphatic rings. The molecule has 1 aromatic rings. The SMILES string of the molecule is O=C(CCc1ccccc1Br)N[C@H]1CCC[C@H]1C(=O)O. The van der Waals surface area contributed by atoms with Crippen LogP contribution in [0.25, 0.3) is 0 Å². The van der Waals surface area contributed by atoms with E-state index in [2.05, 4.69) is 21.2 Å². The molecule has 0 spiro atoms. The van der Waals surface area contributed by atoms with Crippen molar-refractivity contribution in [3.63, 3.8) is 0 Å². The number of aryl methyl sites for hydroxylation is 1. The zero-order chi connectivity index (χ0) is 14.5. The molecule has 1 amide bonds. The molecule has 0 radical (unpaired) electrons. The van der Waals surface area contributed by atoms with Crippen LogP contribution in [0.15, 0.2) is 28.7 Å². The first-order valence-corrected chi connectivity index (χ1v) is 7.63. The van der Waals surface area contributed by atoms with Gasteiger partial charge in [-0.15, -0.1) is 0 Å². The highest BCUT2D eigenvalue weighted by atomic mass is 79.9. The highest BCUT2D eigenvalue weighted by Crippen LogP contribution is 2.26. The summed E-state index contributed by atoms with van der Waals surface area (Å²) in [5, 5.41) is 11.9. The molecule has 0 aliphatic heterocycles. The molecular weight excluding hydrogens is 322 g/mol. The Hall–Kier alpha value is -1.36. The van der Waals surface area contributed by atoms with Crippen molar-refractivity contribution in [3.8, 4) is 0 Å². The number of hydrogen-bond acceptors (Lipinski definition) is 2. The molecule has 0 saturated heterocycles. The number of carboxylic acid groups (broad SMARTS) is 1. The first-order valence-electron chi connectivity index (χ1n) is 6.83. The van der Waals surface area contributed by atoms with Gasteiger partial charge in [-0.05, 0) is 30.9 Å². The van der Waals surface area contributed by atoms with E-state index in [9.17, 15) is 9.59 Å². The largest absolute Gasteiger partial charge is 0.481 e. The summed E-state index contributed by atoms with van der Waals surface area (Å²) in [6, 6.07) is 7.59. The van der Waals surface area contributed by atoms with Crippen molar-refractivity contribution < 1.29 is 14.7 Å². The van der Waals surface area contributed by atoms with E-state index in [1.165, 1.54) is 0 Å². The van der Waals surface area contributed by atoms with E-state index >= 15 is 0 Å². The summed E-state index contributed by atoms with van der Waals surface area (Å²) in [7, 11) is 0. The van der Waals surface area contributed by atoms with Gasteiger partial charge in [-0.2, -0.15) is 0 Å². The number of hydrogen-bond donors (Lipinski definition) is 2. The molecule has 108 valence electrons. The van der Waals surface area contributed by atoms with Crippen molar-refractivity contribution in [3.05, 3.63) is 34.3 Å². The van der Waals surface area contributed by atoms with Gasteiger partial charge in [0.2, 0.25) is 5.91 Å². The lowest BCUT2D eigenvalue weighted by molar-refractivity contribution is -0.142. The molecule has 5 heteroatoms. The van der Waals surface area contributed by atoms with Crippen LogP contribution in [0.5, 0.6) is 0 Å². The van der Waals surface area contributed by atoms with E-state index in [-0.39, 0.29) is 11.9 Å². The first kappa shape index (κ1) is 15.0. The fourth-order valence-electron chi connectivity index (χ4n) is 2.66. The second kappa shape index (κ2) is 6.88. The Bertz CT molecular complexity index is 504. The number of carbonyl (C=O) groups is 2. The minimum Gasteiger partial charge on any atom is -0.481 e. The normalized spacial score (nSPS) is 21.6. The van der Waals surface area contributed by atoms with Crippen LogP contribution in [0, 0.1) is 5.92 Å². The Morgan fingerprint density at radius 2 is 2.05 bits per heavy atom. The Labute approximate surface area is 126 Å². The minimum absolute atomic E-state index is 0.0705. The van der Waals surface area contributed by atoms with Crippen LogP contribution in [0.2, 0.25) is 0 Å². The third-order valence-corrected chi connectivity index (χ3v) is 4.53. The summed E-state index contributed by atoms with van der Waals surface area (Å²) >= 11 is 3.45. The predicted molar refractivity (Wildman–Crippen MR) is 79.4 cm³/mol. The lowest BCUT2D eigenvalue weighted by Crippen LogP contribution is -2.40. The molecule has 0 aromatic heterocycles. The highest BCUT2D eigenvalue weighted by Gasteiger charge is 2.33. The molecule has 2 rings (SSSR count). The van der Waals surface area contributed by atoms with Crippen molar-refractivity contribution in [2.75, 3.05) is 0 Å². The molecular formula is C15H18BrNO3. The number of aliphatic carboxylic acids is 1. The number of carboxylic acids is 1. The third-order valence-electron chi connectivity index (χ3n) is 3.76. The maximum absolute atomic E-state index is 11.9. The van der Waals surface area contributed by atoms with Crippen LogP contribution in [0.1, 0.15) is 31.2 Å². The summed E-state index contributed by atoms with van der Waals surface area (Å²) in [6.45, 7) is 0. The van der Waals surface area contributed by atoms with Gasteiger partial charge in [-0.25, -0.2) is 0 Å². The van der Waals surface area contributed by atoms with Gasteiger partial charge >= 0.3 is 5.97 Å². The first-order chi connectivity index (χ1) is 9.58. The summed E-state index contributed by atoms with van der Waals surface area (Å²) in [5.74, 6) is -1.31. The summed E-state index contributed by atoms with van der Waals surface area (Å²) in [4.78, 5) is 23.0. The fraction of sp³-hybridized carbons (Fsp3) is 0.467. The van der Waals surface area contributed by atoms with Crippen LogP contribution in [0.4, 0.5) is 0 Å². The van der Waals surface area contributed by atoms with E-state index in [0.29, 0.717) is 19.3 Å². The van der Waals surface area contributed by atoms with Crippen molar-refractivity contribution in [1.82, 2.24) is 5.32 Å². The van der Waals surface area contributed by atoms with Crippen LogP contribution in [0.3, 0.4) is 0 Å². The second-order valence-corrected chi connectivity index (χ2v) is 6.00. The number of halogens is 1. The van der Waals surface area contributed by atoms with Gasteiger partial charge in [0, 0.05) is 16.9 Å². The molecule has 1 saturated carbocycles. The van der Waals surface area contributed by atoms with E-state index in [1.807, 2.05) is 24.3 Å². The quantitative estimate of drug-likeness (QED) is 0.866. The molecule has 4 nitrogen and oxygen atoms in total. The lowest BCUT2D eigenvalue weighted by atomic mass is 10.0. The number of carbonyl (C=O) groups excluding carboxylic acids is 1. The van der Waals surface area contributed by atoms with Crippen molar-refractivity contribution in [2.45, 2.75) is 38.1 Å². The monoisotopic (exact) mass is 339 g/mol. The zero-order valence-electron chi connectivity index (χ0n) is 11.1. The van der Waals surface area contributed by atoms with Crippen molar-refractivity contribution in [1.29, 1.82) is 0 Å². The lowest BCUT2D eigenvalue weighted by Gasteiger charge is -2.17. The highest BCUT2D eigenvalue weighted by molar-refractivity contribution is 9.10. The Morgan fingerprint density at radius 1 is 1.30 bits per heavy atom. The Balaban J connectivity index is 1.84. The van der Waals surface area contributed by atoms with Gasteiger partial charge in [0.05, 0.1) is 5.92 Å². The van der Waals surface area contributed by atoms with E-state index in [0.717, 1.165) is 22.9 Å². The van der Waals surface area contributed by atoms with Gasteiger partial charge in [-0.1, -0.05) is 40.5 Å². The van der Waals surface area contributed by atoms with E-state index in [1.54, 1.807) is 0 Å². The summed E-state index contributed by atoms with van der Waals surface area (Å²) in [6.07, 6.45) is 3.32. The molecule has 1 aliphatic carbocycles. The molecule has 2 atom stereocenters. The third kappa shape index (κ3) is 3.82. The van der Waals surface area contributed by atoms with Crippen molar-refractivity contribution >= 4 is 27.8 Å². The summed E-state index contributed by atoms with van der Waals surface area (Å²) in [5.41, 5.74) is 1.09. The molecule has 20 heavy (non-hydrogen) atoms. The van der Waals surface area contributed by atoms with Gasteiger partial charge in [0.15, 0.2) is 0 Å². The minimum atomic E-state index is -0.807. The van der Waals surface area contributed by atoms with Gasteiger partial charge in [0.25, 0.3) is 0 Å². The number of amides is 1. The topological polar surface area (TPSA) is 66.4 Å². The van der Waals surface area contributed by atoms with Crippen molar-refractivity contribution in [2.24, 2.45) is 5.92 Å². The van der Waals surface area contributed by atoms with Gasteiger partial charge in [0.1, 0.15) is 0 Å². The Morgan fingerprint density at radius 3 is 2.75 bits per heavy atom. The molecule has 1 aromatic carbocycles. The molecule has 1 fully saturated rings. The maximum Gasteiger partial charge on any atom is 0.308 e. The number of benzene rings is 1. The fourth-order valence-corrected chi connectivity index (χ4v) is 3.14. The molecule has 0 heterocycles. The molecule has 2 N–H and O–H groups in total. The Kier molecular flexibility index (Phi) is 5.17. The smallest absolute Gasteiger partial charge is 0.308 e. The van der Waals surface area contributed by atoms with Crippen LogP contribution >= 0.6 is 15.9 Å². The molecule has 0 unspecified atom stereocenters. The predicted octanol–water partition coefficient (Wildman–Crippen LogP) is 2.75. The number of nitrogens with one attached hydrogen (secondary N) is 1. The van der Waals surface area contributed by atoms with Gasteiger partial charge in [-0.3, -0.25) is 9.59 Å². The van der Waals surface area contributed by atoms with Crippen LogP contribution in [-0.2, 0) is 16.0 Å². The summed E-state index contributed by atoms with van der Waals surface area (Å²) < 4.78 is 0.997. The number of rotatable bonds is 5. The maximum atomic E-state index is 11.9. The van der Waals surface area contributed by atoms with Crippen LogP contribution < -0.4 is 5.32 Å². The average molecular weight is 340 g/mol. The van der Waals surface area contributed by atoms with Crippen LogP contribution in [-0.4, -0.2) is 23.0 Å². The zero-order valence-corrected chi connectivity index (χ0v) is 12.7. The standard InChI is InChI=1S/C15H18BrNO3/c16-12-6-2-1-4-10(12)8-9-14(18)17-13-7-3-5-11(13)15(19)20/h1-2,4,6,11,13H,3,5,7-9H2,(H,17,18)(H,19,20)/t11-,13+/m1/s1.